The van der Waals surface area contributed by atoms with Gasteiger partial charge in [0, 0.05) is 29.6 Å². The Balaban J connectivity index is 1.81. The Kier molecular flexibility index (Phi) is 4.01. The fraction of sp³-hybridized carbons (Fsp3) is 0.125. The summed E-state index contributed by atoms with van der Waals surface area (Å²) in [5.41, 5.74) is 3.42. The largest absolute Gasteiger partial charge is 0.378 e. The molecule has 3 rings (SSSR count). The summed E-state index contributed by atoms with van der Waals surface area (Å²) in [6, 6.07) is 12.2. The maximum absolute atomic E-state index is 4.40. The highest BCUT2D eigenvalue weighted by atomic mass is 79.9. The van der Waals surface area contributed by atoms with Crippen molar-refractivity contribution in [1.29, 1.82) is 0 Å². The molecule has 0 saturated carbocycles. The Bertz CT molecular complexity index is 738. The van der Waals surface area contributed by atoms with Crippen molar-refractivity contribution in [2.75, 3.05) is 5.32 Å². The molecule has 0 aliphatic carbocycles. The molecule has 5 heteroatoms. The van der Waals surface area contributed by atoms with E-state index in [-0.39, 0.29) is 0 Å². The summed E-state index contributed by atoms with van der Waals surface area (Å²) in [6.07, 6.45) is 5.40. The van der Waals surface area contributed by atoms with Crippen LogP contribution in [0.3, 0.4) is 0 Å². The van der Waals surface area contributed by atoms with Gasteiger partial charge in [-0.3, -0.25) is 0 Å². The monoisotopic (exact) mass is 342 g/mol. The summed E-state index contributed by atoms with van der Waals surface area (Å²) >= 11 is 3.52. The SMILES string of the molecule is Cc1cc(CNc2cccnc2-n2cccn2)ccc1Br. The van der Waals surface area contributed by atoms with Gasteiger partial charge >= 0.3 is 0 Å². The second kappa shape index (κ2) is 6.10. The first-order valence-corrected chi connectivity index (χ1v) is 7.47. The third-order valence-corrected chi connectivity index (χ3v) is 4.10. The van der Waals surface area contributed by atoms with Crippen LogP contribution in [0, 0.1) is 6.92 Å². The Morgan fingerprint density at radius 2 is 2.10 bits per heavy atom. The molecule has 2 aromatic heterocycles. The van der Waals surface area contributed by atoms with Crippen molar-refractivity contribution < 1.29 is 0 Å². The van der Waals surface area contributed by atoms with Gasteiger partial charge in [-0.25, -0.2) is 9.67 Å². The molecule has 3 aromatic rings. The molecule has 0 bridgehead atoms. The van der Waals surface area contributed by atoms with Gasteiger partial charge in [0.25, 0.3) is 0 Å². The van der Waals surface area contributed by atoms with Gasteiger partial charge in [-0.1, -0.05) is 28.1 Å². The van der Waals surface area contributed by atoms with Crippen molar-refractivity contribution in [2.45, 2.75) is 13.5 Å². The van der Waals surface area contributed by atoms with Crippen LogP contribution >= 0.6 is 15.9 Å². The lowest BCUT2D eigenvalue weighted by Crippen LogP contribution is -2.06. The third kappa shape index (κ3) is 3.13. The first-order valence-electron chi connectivity index (χ1n) is 6.68. The van der Waals surface area contributed by atoms with Crippen molar-refractivity contribution in [2.24, 2.45) is 0 Å². The van der Waals surface area contributed by atoms with Crippen LogP contribution in [0.25, 0.3) is 5.82 Å². The van der Waals surface area contributed by atoms with Crippen LogP contribution < -0.4 is 5.32 Å². The first kappa shape index (κ1) is 13.8. The van der Waals surface area contributed by atoms with Crippen molar-refractivity contribution in [3.63, 3.8) is 0 Å². The topological polar surface area (TPSA) is 42.7 Å². The maximum atomic E-state index is 4.40. The zero-order valence-corrected chi connectivity index (χ0v) is 13.2. The fourth-order valence-corrected chi connectivity index (χ4v) is 2.37. The molecular formula is C16H15BrN4. The number of anilines is 1. The van der Waals surface area contributed by atoms with Crippen LogP contribution in [-0.4, -0.2) is 14.8 Å². The van der Waals surface area contributed by atoms with Gasteiger partial charge < -0.3 is 5.32 Å². The highest BCUT2D eigenvalue weighted by Gasteiger charge is 2.05. The maximum Gasteiger partial charge on any atom is 0.176 e. The molecule has 0 aliphatic heterocycles. The Morgan fingerprint density at radius 3 is 2.86 bits per heavy atom. The molecule has 0 fully saturated rings. The minimum Gasteiger partial charge on any atom is -0.378 e. The van der Waals surface area contributed by atoms with E-state index in [1.54, 1.807) is 17.1 Å². The quantitative estimate of drug-likeness (QED) is 0.780. The highest BCUT2D eigenvalue weighted by molar-refractivity contribution is 9.10. The van der Waals surface area contributed by atoms with Crippen LogP contribution in [0.4, 0.5) is 5.69 Å². The van der Waals surface area contributed by atoms with E-state index in [0.717, 1.165) is 22.5 Å². The van der Waals surface area contributed by atoms with E-state index < -0.39 is 0 Å². The van der Waals surface area contributed by atoms with Crippen LogP contribution in [0.2, 0.25) is 0 Å². The van der Waals surface area contributed by atoms with E-state index in [1.807, 2.05) is 24.4 Å². The number of pyridine rings is 1. The molecule has 106 valence electrons. The Morgan fingerprint density at radius 1 is 1.19 bits per heavy atom. The van der Waals surface area contributed by atoms with Gasteiger partial charge in [-0.15, -0.1) is 0 Å². The smallest absolute Gasteiger partial charge is 0.176 e. The summed E-state index contributed by atoms with van der Waals surface area (Å²) in [7, 11) is 0. The molecule has 2 heterocycles. The van der Waals surface area contributed by atoms with Crippen LogP contribution in [0.1, 0.15) is 11.1 Å². The zero-order valence-electron chi connectivity index (χ0n) is 11.6. The van der Waals surface area contributed by atoms with Gasteiger partial charge in [-0.05, 0) is 42.3 Å². The zero-order chi connectivity index (χ0) is 14.7. The predicted octanol–water partition coefficient (Wildman–Crippen LogP) is 3.95. The molecule has 0 spiro atoms. The summed E-state index contributed by atoms with van der Waals surface area (Å²) in [5.74, 6) is 0.802. The molecule has 0 saturated heterocycles. The second-order valence-electron chi connectivity index (χ2n) is 4.76. The van der Waals surface area contributed by atoms with Gasteiger partial charge in [0.05, 0.1) is 5.69 Å². The lowest BCUT2D eigenvalue weighted by Gasteiger charge is -2.11. The number of halogens is 1. The summed E-state index contributed by atoms with van der Waals surface area (Å²) < 4.78 is 2.89. The molecule has 4 nitrogen and oxygen atoms in total. The summed E-state index contributed by atoms with van der Waals surface area (Å²) in [4.78, 5) is 4.40. The molecule has 0 amide bonds. The average molecular weight is 343 g/mol. The lowest BCUT2D eigenvalue weighted by molar-refractivity contribution is 0.846. The molecule has 1 N–H and O–H groups in total. The van der Waals surface area contributed by atoms with Crippen LogP contribution in [0.5, 0.6) is 0 Å². The lowest BCUT2D eigenvalue weighted by atomic mass is 10.1. The number of nitrogens with zero attached hydrogens (tertiary/aromatic N) is 3. The first-order chi connectivity index (χ1) is 10.2. The number of hydrogen-bond acceptors (Lipinski definition) is 3. The highest BCUT2D eigenvalue weighted by Crippen LogP contribution is 2.20. The summed E-state index contributed by atoms with van der Waals surface area (Å²) in [6.45, 7) is 2.83. The minimum atomic E-state index is 0.744. The molecule has 0 radical (unpaired) electrons. The molecule has 0 unspecified atom stereocenters. The van der Waals surface area contributed by atoms with E-state index in [0.29, 0.717) is 0 Å². The Hall–Kier alpha value is -2.14. The van der Waals surface area contributed by atoms with Gasteiger partial charge in [0.2, 0.25) is 0 Å². The van der Waals surface area contributed by atoms with E-state index in [1.165, 1.54) is 11.1 Å². The van der Waals surface area contributed by atoms with Crippen molar-refractivity contribution >= 4 is 21.6 Å². The Labute approximate surface area is 132 Å². The molecular weight excluding hydrogens is 328 g/mol. The number of benzene rings is 1. The number of rotatable bonds is 4. The minimum absolute atomic E-state index is 0.744. The summed E-state index contributed by atoms with van der Waals surface area (Å²) in [5, 5.41) is 7.66. The standard InChI is InChI=1S/C16H15BrN4/c1-12-10-13(5-6-14(12)17)11-19-15-4-2-7-18-16(15)21-9-3-8-20-21/h2-10,19H,11H2,1H3. The number of nitrogens with one attached hydrogen (secondary N) is 1. The van der Waals surface area contributed by atoms with Crippen molar-refractivity contribution in [3.05, 3.63) is 70.6 Å². The van der Waals surface area contributed by atoms with Gasteiger partial charge in [-0.2, -0.15) is 5.10 Å². The van der Waals surface area contributed by atoms with Crippen molar-refractivity contribution in [1.82, 2.24) is 14.8 Å². The van der Waals surface area contributed by atoms with E-state index in [4.69, 9.17) is 0 Å². The number of aryl methyl sites for hydroxylation is 1. The van der Waals surface area contributed by atoms with E-state index in [2.05, 4.69) is 56.5 Å². The molecule has 0 aliphatic rings. The second-order valence-corrected chi connectivity index (χ2v) is 5.62. The molecule has 1 aromatic carbocycles. The molecule has 21 heavy (non-hydrogen) atoms. The van der Waals surface area contributed by atoms with Crippen molar-refractivity contribution in [3.8, 4) is 5.82 Å². The number of aromatic nitrogens is 3. The average Bonchev–Trinajstić information content (AvgIpc) is 3.03. The van der Waals surface area contributed by atoms with Gasteiger partial charge in [0.1, 0.15) is 0 Å². The fourth-order valence-electron chi connectivity index (χ4n) is 2.13. The normalized spacial score (nSPS) is 10.6. The van der Waals surface area contributed by atoms with Gasteiger partial charge in [0.15, 0.2) is 5.82 Å². The molecule has 0 atom stereocenters. The number of hydrogen-bond donors (Lipinski definition) is 1. The van der Waals surface area contributed by atoms with E-state index >= 15 is 0 Å². The predicted molar refractivity (Wildman–Crippen MR) is 87.6 cm³/mol. The van der Waals surface area contributed by atoms with Crippen LogP contribution in [-0.2, 0) is 6.54 Å². The van der Waals surface area contributed by atoms with Crippen LogP contribution in [0.15, 0.2) is 59.5 Å². The van der Waals surface area contributed by atoms with E-state index in [9.17, 15) is 0 Å². The third-order valence-electron chi connectivity index (χ3n) is 3.21.